The van der Waals surface area contributed by atoms with Gasteiger partial charge >= 0.3 is 5.97 Å². The Morgan fingerprint density at radius 3 is 2.23 bits per heavy atom. The van der Waals surface area contributed by atoms with Crippen LogP contribution < -0.4 is 9.62 Å². The number of aryl methyl sites for hydroxylation is 3. The SMILES string of the molecule is CCOC(=O)c1ccc(NC(=O)CCCN(c2cc(C)cc(C)c2)S(C)(=O)=O)c(C)c1. The van der Waals surface area contributed by atoms with Crippen LogP contribution in [0, 0.1) is 20.8 Å². The number of sulfonamides is 1. The van der Waals surface area contributed by atoms with Gasteiger partial charge in [0.25, 0.3) is 0 Å². The zero-order chi connectivity index (χ0) is 23.2. The maximum Gasteiger partial charge on any atom is 0.338 e. The number of ether oxygens (including phenoxy) is 1. The average molecular weight is 447 g/mol. The van der Waals surface area contributed by atoms with Crippen LogP contribution in [0.15, 0.2) is 36.4 Å². The van der Waals surface area contributed by atoms with Crippen molar-refractivity contribution in [2.24, 2.45) is 0 Å². The highest BCUT2D eigenvalue weighted by Crippen LogP contribution is 2.22. The first kappa shape index (κ1) is 24.4. The Hall–Kier alpha value is -2.87. The van der Waals surface area contributed by atoms with Gasteiger partial charge in [0.05, 0.1) is 24.1 Å². The van der Waals surface area contributed by atoms with Gasteiger partial charge in [-0.15, -0.1) is 0 Å². The minimum Gasteiger partial charge on any atom is -0.462 e. The second-order valence-electron chi connectivity index (χ2n) is 7.58. The number of amides is 1. The average Bonchev–Trinajstić information content (AvgIpc) is 2.65. The summed E-state index contributed by atoms with van der Waals surface area (Å²) in [6.45, 7) is 7.87. The summed E-state index contributed by atoms with van der Waals surface area (Å²) >= 11 is 0. The topological polar surface area (TPSA) is 92.8 Å². The standard InChI is InChI=1S/C23H30N2O5S/c1-6-30-23(27)19-9-10-21(18(4)15-19)24-22(26)8-7-11-25(31(5,28)29)20-13-16(2)12-17(3)14-20/h9-10,12-15H,6-8,11H2,1-5H3,(H,24,26). The molecule has 0 saturated carbocycles. The van der Waals surface area contributed by atoms with E-state index in [9.17, 15) is 18.0 Å². The Labute approximate surface area is 184 Å². The summed E-state index contributed by atoms with van der Waals surface area (Å²) in [4.78, 5) is 24.2. The van der Waals surface area contributed by atoms with E-state index in [2.05, 4.69) is 5.32 Å². The molecule has 0 heterocycles. The van der Waals surface area contributed by atoms with E-state index >= 15 is 0 Å². The maximum absolute atomic E-state index is 12.4. The molecule has 0 aliphatic rings. The number of nitrogens with zero attached hydrogens (tertiary/aromatic N) is 1. The molecule has 0 spiro atoms. The number of hydrogen-bond acceptors (Lipinski definition) is 5. The van der Waals surface area contributed by atoms with E-state index in [0.29, 0.717) is 30.0 Å². The largest absolute Gasteiger partial charge is 0.462 e. The van der Waals surface area contributed by atoms with Gasteiger partial charge in [0.2, 0.25) is 15.9 Å². The van der Waals surface area contributed by atoms with Crippen LogP contribution in [0.3, 0.4) is 0 Å². The number of anilines is 2. The molecule has 7 nitrogen and oxygen atoms in total. The number of carbonyl (C=O) groups excluding carboxylic acids is 2. The number of rotatable bonds is 9. The Balaban J connectivity index is 2.00. The third kappa shape index (κ3) is 7.10. The van der Waals surface area contributed by atoms with E-state index in [0.717, 1.165) is 16.7 Å². The first-order chi connectivity index (χ1) is 14.5. The van der Waals surface area contributed by atoms with E-state index < -0.39 is 16.0 Å². The molecule has 2 rings (SSSR count). The smallest absolute Gasteiger partial charge is 0.338 e. The molecule has 0 radical (unpaired) electrons. The Bertz CT molecular complexity index is 1040. The van der Waals surface area contributed by atoms with Gasteiger partial charge in [-0.3, -0.25) is 9.10 Å². The molecule has 1 N–H and O–H groups in total. The lowest BCUT2D eigenvalue weighted by atomic mass is 10.1. The molecule has 2 aromatic rings. The molecule has 0 aromatic heterocycles. The fourth-order valence-electron chi connectivity index (χ4n) is 3.32. The van der Waals surface area contributed by atoms with Gasteiger partial charge in [-0.1, -0.05) is 6.07 Å². The van der Waals surface area contributed by atoms with Crippen LogP contribution in [0.4, 0.5) is 11.4 Å². The van der Waals surface area contributed by atoms with Crippen molar-refractivity contribution in [2.75, 3.05) is 29.0 Å². The fraction of sp³-hybridized carbons (Fsp3) is 0.391. The van der Waals surface area contributed by atoms with E-state index in [-0.39, 0.29) is 18.9 Å². The number of benzene rings is 2. The summed E-state index contributed by atoms with van der Waals surface area (Å²) in [7, 11) is -3.47. The van der Waals surface area contributed by atoms with Crippen molar-refractivity contribution in [3.05, 3.63) is 58.7 Å². The number of carbonyl (C=O) groups is 2. The minimum atomic E-state index is -3.47. The van der Waals surface area contributed by atoms with E-state index in [1.165, 1.54) is 10.6 Å². The normalized spacial score (nSPS) is 11.1. The first-order valence-electron chi connectivity index (χ1n) is 10.1. The van der Waals surface area contributed by atoms with E-state index in [1.807, 2.05) is 32.0 Å². The highest BCUT2D eigenvalue weighted by atomic mass is 32.2. The van der Waals surface area contributed by atoms with Crippen molar-refractivity contribution in [3.63, 3.8) is 0 Å². The number of hydrogen-bond donors (Lipinski definition) is 1. The predicted octanol–water partition coefficient (Wildman–Crippen LogP) is 3.97. The van der Waals surface area contributed by atoms with Gasteiger partial charge in [0.1, 0.15) is 0 Å². The number of nitrogens with one attached hydrogen (secondary N) is 1. The highest BCUT2D eigenvalue weighted by Gasteiger charge is 2.18. The summed E-state index contributed by atoms with van der Waals surface area (Å²) in [5.74, 6) is -0.628. The zero-order valence-electron chi connectivity index (χ0n) is 18.7. The van der Waals surface area contributed by atoms with Gasteiger partial charge in [0.15, 0.2) is 0 Å². The van der Waals surface area contributed by atoms with Gasteiger partial charge in [-0.2, -0.15) is 0 Å². The van der Waals surface area contributed by atoms with Crippen molar-refractivity contribution < 1.29 is 22.7 Å². The molecule has 1 amide bonds. The monoisotopic (exact) mass is 446 g/mol. The molecule has 0 atom stereocenters. The van der Waals surface area contributed by atoms with Crippen LogP contribution in [0.1, 0.15) is 46.8 Å². The van der Waals surface area contributed by atoms with Crippen LogP contribution >= 0.6 is 0 Å². The summed E-state index contributed by atoms with van der Waals surface area (Å²) in [6, 6.07) is 10.6. The zero-order valence-corrected chi connectivity index (χ0v) is 19.5. The van der Waals surface area contributed by atoms with Gasteiger partial charge in [-0.05, 0) is 81.1 Å². The van der Waals surface area contributed by atoms with Gasteiger partial charge in [0, 0.05) is 18.7 Å². The van der Waals surface area contributed by atoms with Gasteiger partial charge in [-0.25, -0.2) is 13.2 Å². The predicted molar refractivity (Wildman–Crippen MR) is 123 cm³/mol. The molecule has 31 heavy (non-hydrogen) atoms. The molecule has 0 aliphatic heterocycles. The van der Waals surface area contributed by atoms with Crippen LogP contribution in [-0.4, -0.2) is 39.7 Å². The quantitative estimate of drug-likeness (QED) is 0.588. The molecule has 168 valence electrons. The van der Waals surface area contributed by atoms with Crippen molar-refractivity contribution in [2.45, 2.75) is 40.5 Å². The van der Waals surface area contributed by atoms with E-state index in [4.69, 9.17) is 4.74 Å². The molecule has 2 aromatic carbocycles. The highest BCUT2D eigenvalue weighted by molar-refractivity contribution is 7.92. The lowest BCUT2D eigenvalue weighted by Gasteiger charge is -2.23. The summed E-state index contributed by atoms with van der Waals surface area (Å²) in [5, 5.41) is 2.82. The lowest BCUT2D eigenvalue weighted by Crippen LogP contribution is -2.31. The van der Waals surface area contributed by atoms with Crippen molar-refractivity contribution in [3.8, 4) is 0 Å². The third-order valence-electron chi connectivity index (χ3n) is 4.67. The van der Waals surface area contributed by atoms with Crippen molar-refractivity contribution in [1.82, 2.24) is 0 Å². The Morgan fingerprint density at radius 1 is 1.03 bits per heavy atom. The van der Waals surface area contributed by atoms with E-state index in [1.54, 1.807) is 32.0 Å². The lowest BCUT2D eigenvalue weighted by molar-refractivity contribution is -0.116. The molecule has 0 saturated heterocycles. The summed E-state index contributed by atoms with van der Waals surface area (Å²) in [6.07, 6.45) is 1.70. The molecule has 0 fully saturated rings. The minimum absolute atomic E-state index is 0.163. The van der Waals surface area contributed by atoms with Crippen molar-refractivity contribution in [1.29, 1.82) is 0 Å². The summed E-state index contributed by atoms with van der Waals surface area (Å²) < 4.78 is 30.9. The van der Waals surface area contributed by atoms with Crippen LogP contribution in [0.5, 0.6) is 0 Å². The second-order valence-corrected chi connectivity index (χ2v) is 9.49. The van der Waals surface area contributed by atoms with Crippen LogP contribution in [-0.2, 0) is 19.6 Å². The van der Waals surface area contributed by atoms with Gasteiger partial charge < -0.3 is 10.1 Å². The first-order valence-corrected chi connectivity index (χ1v) is 12.0. The van der Waals surface area contributed by atoms with Crippen LogP contribution in [0.25, 0.3) is 0 Å². The molecule has 0 aliphatic carbocycles. The Morgan fingerprint density at radius 2 is 1.68 bits per heavy atom. The van der Waals surface area contributed by atoms with Crippen LogP contribution in [0.2, 0.25) is 0 Å². The molecular formula is C23H30N2O5S. The molecule has 0 bridgehead atoms. The fourth-order valence-corrected chi connectivity index (χ4v) is 4.27. The second kappa shape index (κ2) is 10.4. The van der Waals surface area contributed by atoms with Crippen molar-refractivity contribution >= 4 is 33.3 Å². The number of esters is 1. The summed E-state index contributed by atoms with van der Waals surface area (Å²) in [5.41, 5.74) is 4.32. The third-order valence-corrected chi connectivity index (χ3v) is 5.87. The molecule has 0 unspecified atom stereocenters. The maximum atomic E-state index is 12.4. The Kier molecular flexibility index (Phi) is 8.21. The molecular weight excluding hydrogens is 416 g/mol. The molecule has 8 heteroatoms.